The zero-order chi connectivity index (χ0) is 22.9. The van der Waals surface area contributed by atoms with Crippen LogP contribution in [0, 0.1) is 0 Å². The molecule has 1 heterocycles. The average Bonchev–Trinajstić information content (AvgIpc) is 2.80. The molecule has 0 aromatic heterocycles. The standard InChI is InChI=1S/C23H30N4O5/c1-30-19-6-4-18(5-7-19)24-23(29)25-22(28)16-27-12-10-26(11-13-27)15-17-14-20(31-2)8-9-21(17)32-3/h4-9,14H,10-13,15-16H2,1-3H3,(H2,24,25,28,29). The zero-order valence-corrected chi connectivity index (χ0v) is 18.7. The second kappa shape index (κ2) is 11.4. The third kappa shape index (κ3) is 6.60. The predicted molar refractivity (Wildman–Crippen MR) is 121 cm³/mol. The Labute approximate surface area is 188 Å². The minimum absolute atomic E-state index is 0.173. The Morgan fingerprint density at radius 2 is 1.47 bits per heavy atom. The monoisotopic (exact) mass is 442 g/mol. The summed E-state index contributed by atoms with van der Waals surface area (Å²) in [6.45, 7) is 4.01. The van der Waals surface area contributed by atoms with Gasteiger partial charge in [0.25, 0.3) is 0 Å². The fraction of sp³-hybridized carbons (Fsp3) is 0.391. The summed E-state index contributed by atoms with van der Waals surface area (Å²) < 4.78 is 15.9. The Kier molecular flexibility index (Phi) is 8.29. The second-order valence-electron chi connectivity index (χ2n) is 7.46. The van der Waals surface area contributed by atoms with E-state index in [1.807, 2.05) is 23.1 Å². The molecule has 32 heavy (non-hydrogen) atoms. The maximum absolute atomic E-state index is 12.3. The lowest BCUT2D eigenvalue weighted by atomic mass is 10.1. The van der Waals surface area contributed by atoms with Gasteiger partial charge < -0.3 is 19.5 Å². The predicted octanol–water partition coefficient (Wildman–Crippen LogP) is 2.18. The van der Waals surface area contributed by atoms with E-state index in [1.54, 1.807) is 45.6 Å². The number of piperazine rings is 1. The molecule has 0 unspecified atom stereocenters. The van der Waals surface area contributed by atoms with Gasteiger partial charge in [-0.3, -0.25) is 19.9 Å². The Hall–Kier alpha value is -3.30. The van der Waals surface area contributed by atoms with E-state index in [2.05, 4.69) is 15.5 Å². The van der Waals surface area contributed by atoms with Gasteiger partial charge in [0, 0.05) is 44.0 Å². The van der Waals surface area contributed by atoms with Crippen molar-refractivity contribution in [2.45, 2.75) is 6.54 Å². The Morgan fingerprint density at radius 3 is 2.09 bits per heavy atom. The number of hydrogen-bond donors (Lipinski definition) is 2. The summed E-state index contributed by atoms with van der Waals surface area (Å²) in [5.74, 6) is 1.98. The number of amides is 3. The van der Waals surface area contributed by atoms with Crippen molar-refractivity contribution in [2.24, 2.45) is 0 Å². The molecule has 172 valence electrons. The van der Waals surface area contributed by atoms with Crippen LogP contribution < -0.4 is 24.8 Å². The molecule has 2 N–H and O–H groups in total. The van der Waals surface area contributed by atoms with E-state index < -0.39 is 6.03 Å². The lowest BCUT2D eigenvalue weighted by Gasteiger charge is -2.34. The van der Waals surface area contributed by atoms with Gasteiger partial charge in [-0.2, -0.15) is 0 Å². The van der Waals surface area contributed by atoms with E-state index in [-0.39, 0.29) is 12.5 Å². The van der Waals surface area contributed by atoms with Gasteiger partial charge in [0.15, 0.2) is 0 Å². The van der Waals surface area contributed by atoms with Crippen molar-refractivity contribution in [3.05, 3.63) is 48.0 Å². The molecule has 3 amide bonds. The maximum Gasteiger partial charge on any atom is 0.325 e. The van der Waals surface area contributed by atoms with E-state index >= 15 is 0 Å². The van der Waals surface area contributed by atoms with E-state index in [0.717, 1.165) is 49.8 Å². The fourth-order valence-electron chi connectivity index (χ4n) is 3.56. The Morgan fingerprint density at radius 1 is 0.844 bits per heavy atom. The molecule has 9 nitrogen and oxygen atoms in total. The number of methoxy groups -OCH3 is 3. The highest BCUT2D eigenvalue weighted by molar-refractivity contribution is 6.01. The lowest BCUT2D eigenvalue weighted by Crippen LogP contribution is -2.50. The van der Waals surface area contributed by atoms with Crippen LogP contribution in [0.3, 0.4) is 0 Å². The highest BCUT2D eigenvalue weighted by Gasteiger charge is 2.21. The van der Waals surface area contributed by atoms with E-state index in [4.69, 9.17) is 14.2 Å². The van der Waals surface area contributed by atoms with E-state index in [9.17, 15) is 9.59 Å². The molecule has 1 aliphatic rings. The number of benzene rings is 2. The zero-order valence-electron chi connectivity index (χ0n) is 18.7. The first-order valence-corrected chi connectivity index (χ1v) is 10.4. The van der Waals surface area contributed by atoms with Crippen molar-refractivity contribution in [2.75, 3.05) is 59.4 Å². The van der Waals surface area contributed by atoms with Gasteiger partial charge >= 0.3 is 6.03 Å². The molecule has 3 rings (SSSR count). The molecule has 0 radical (unpaired) electrons. The molecule has 1 aliphatic heterocycles. The minimum atomic E-state index is -0.552. The van der Waals surface area contributed by atoms with Gasteiger partial charge in [-0.25, -0.2) is 4.79 Å². The first kappa shape index (κ1) is 23.4. The van der Waals surface area contributed by atoms with Crippen molar-refractivity contribution in [1.29, 1.82) is 0 Å². The van der Waals surface area contributed by atoms with Crippen molar-refractivity contribution in [1.82, 2.24) is 15.1 Å². The highest BCUT2D eigenvalue weighted by atomic mass is 16.5. The number of nitrogens with zero attached hydrogens (tertiary/aromatic N) is 2. The van der Waals surface area contributed by atoms with Crippen LogP contribution in [-0.2, 0) is 11.3 Å². The summed E-state index contributed by atoms with van der Waals surface area (Å²) in [6, 6.07) is 12.1. The SMILES string of the molecule is COc1ccc(NC(=O)NC(=O)CN2CCN(Cc3cc(OC)ccc3OC)CC2)cc1. The molecule has 0 atom stereocenters. The number of imide groups is 1. The van der Waals surface area contributed by atoms with Crippen molar-refractivity contribution >= 4 is 17.6 Å². The third-order valence-electron chi connectivity index (χ3n) is 5.31. The molecule has 0 saturated carbocycles. The summed E-state index contributed by atoms with van der Waals surface area (Å²) in [5, 5.41) is 5.02. The number of anilines is 1. The molecule has 2 aromatic rings. The van der Waals surface area contributed by atoms with Crippen LogP contribution in [-0.4, -0.2) is 75.8 Å². The van der Waals surface area contributed by atoms with Crippen molar-refractivity contribution in [3.63, 3.8) is 0 Å². The van der Waals surface area contributed by atoms with Crippen LogP contribution in [0.4, 0.5) is 10.5 Å². The first-order chi connectivity index (χ1) is 15.5. The van der Waals surface area contributed by atoms with Crippen LogP contribution in [0.25, 0.3) is 0 Å². The van der Waals surface area contributed by atoms with Crippen molar-refractivity contribution in [3.8, 4) is 17.2 Å². The summed E-state index contributed by atoms with van der Waals surface area (Å²) in [5.41, 5.74) is 1.64. The smallest absolute Gasteiger partial charge is 0.325 e. The van der Waals surface area contributed by atoms with Crippen LogP contribution in [0.1, 0.15) is 5.56 Å². The number of nitrogens with one attached hydrogen (secondary N) is 2. The van der Waals surface area contributed by atoms with Crippen LogP contribution in [0.5, 0.6) is 17.2 Å². The summed E-state index contributed by atoms with van der Waals surface area (Å²) in [6.07, 6.45) is 0. The van der Waals surface area contributed by atoms with E-state index in [0.29, 0.717) is 11.4 Å². The lowest BCUT2D eigenvalue weighted by molar-refractivity contribution is -0.121. The normalized spacial score (nSPS) is 14.5. The minimum Gasteiger partial charge on any atom is -0.497 e. The molecule has 2 aromatic carbocycles. The van der Waals surface area contributed by atoms with Gasteiger partial charge in [0.2, 0.25) is 5.91 Å². The van der Waals surface area contributed by atoms with Crippen LogP contribution >= 0.6 is 0 Å². The maximum atomic E-state index is 12.3. The number of hydrogen-bond acceptors (Lipinski definition) is 7. The molecule has 9 heteroatoms. The third-order valence-corrected chi connectivity index (χ3v) is 5.31. The molecule has 1 fully saturated rings. The highest BCUT2D eigenvalue weighted by Crippen LogP contribution is 2.25. The number of carbonyl (C=O) groups excluding carboxylic acids is 2. The molecule has 0 spiro atoms. The summed E-state index contributed by atoms with van der Waals surface area (Å²) in [7, 11) is 4.88. The fourth-order valence-corrected chi connectivity index (χ4v) is 3.56. The molecule has 0 aliphatic carbocycles. The van der Waals surface area contributed by atoms with Crippen LogP contribution in [0.2, 0.25) is 0 Å². The summed E-state index contributed by atoms with van der Waals surface area (Å²) >= 11 is 0. The Balaban J connectivity index is 1.42. The van der Waals surface area contributed by atoms with Gasteiger partial charge in [0.05, 0.1) is 27.9 Å². The molecular formula is C23H30N4O5. The topological polar surface area (TPSA) is 92.4 Å². The molecule has 1 saturated heterocycles. The van der Waals surface area contributed by atoms with Gasteiger partial charge in [-0.15, -0.1) is 0 Å². The van der Waals surface area contributed by atoms with Crippen LogP contribution in [0.15, 0.2) is 42.5 Å². The number of carbonyl (C=O) groups is 2. The van der Waals surface area contributed by atoms with E-state index in [1.165, 1.54) is 0 Å². The Bertz CT molecular complexity index is 911. The van der Waals surface area contributed by atoms with Gasteiger partial charge in [-0.1, -0.05) is 0 Å². The number of rotatable bonds is 8. The molecule has 0 bridgehead atoms. The average molecular weight is 443 g/mol. The largest absolute Gasteiger partial charge is 0.497 e. The first-order valence-electron chi connectivity index (χ1n) is 10.4. The number of urea groups is 1. The quantitative estimate of drug-likeness (QED) is 0.647. The molecular weight excluding hydrogens is 412 g/mol. The second-order valence-corrected chi connectivity index (χ2v) is 7.46. The summed E-state index contributed by atoms with van der Waals surface area (Å²) in [4.78, 5) is 28.7. The van der Waals surface area contributed by atoms with Crippen molar-refractivity contribution < 1.29 is 23.8 Å². The van der Waals surface area contributed by atoms with Gasteiger partial charge in [0.1, 0.15) is 17.2 Å². The number of ether oxygens (including phenoxy) is 3. The van der Waals surface area contributed by atoms with Gasteiger partial charge in [-0.05, 0) is 42.5 Å².